The molecule has 4 aliphatic carbocycles. The lowest BCUT2D eigenvalue weighted by molar-refractivity contribution is -0.155. The molecule has 0 bridgehead atoms. The Morgan fingerprint density at radius 1 is 1.20 bits per heavy atom. The summed E-state index contributed by atoms with van der Waals surface area (Å²) in [6.07, 6.45) is 3.54. The van der Waals surface area contributed by atoms with Crippen molar-refractivity contribution in [2.45, 2.75) is 45.3 Å². The van der Waals surface area contributed by atoms with Gasteiger partial charge < -0.3 is 15.3 Å². The molecule has 0 aromatic heterocycles. The Bertz CT molecular complexity index is 747. The lowest BCUT2D eigenvalue weighted by Crippen LogP contribution is -2.55. The van der Waals surface area contributed by atoms with Gasteiger partial charge in [0, 0.05) is 29.6 Å². The number of aliphatic hydroxyl groups is 3. The van der Waals surface area contributed by atoms with Gasteiger partial charge in [-0.05, 0) is 29.9 Å². The van der Waals surface area contributed by atoms with Gasteiger partial charge in [0.05, 0.1) is 12.2 Å². The van der Waals surface area contributed by atoms with Crippen molar-refractivity contribution in [1.82, 2.24) is 0 Å². The van der Waals surface area contributed by atoms with Gasteiger partial charge in [0.1, 0.15) is 11.4 Å². The number of Topliss-reactive ketones (excluding diaryl/α,β-unsaturated/α-hetero) is 2. The Kier molecular flexibility index (Phi) is 3.22. The molecule has 0 saturated heterocycles. The van der Waals surface area contributed by atoms with Crippen LogP contribution < -0.4 is 0 Å². The average Bonchev–Trinajstić information content (AvgIpc) is 2.87. The van der Waals surface area contributed by atoms with Crippen LogP contribution in [0.1, 0.15) is 34.1 Å². The van der Waals surface area contributed by atoms with Crippen LogP contribution in [0, 0.1) is 35.0 Å². The summed E-state index contributed by atoms with van der Waals surface area (Å²) in [6, 6.07) is 0. The first-order chi connectivity index (χ1) is 11.5. The molecule has 0 spiro atoms. The van der Waals surface area contributed by atoms with Crippen LogP contribution >= 0.6 is 0 Å². The smallest absolute Gasteiger partial charge is 0.190 e. The Balaban J connectivity index is 1.94. The highest BCUT2D eigenvalue weighted by atomic mass is 16.3. The molecule has 25 heavy (non-hydrogen) atoms. The van der Waals surface area contributed by atoms with Gasteiger partial charge in [-0.15, -0.1) is 0 Å². The maximum absolute atomic E-state index is 12.7. The first-order valence-electron chi connectivity index (χ1n) is 9.04. The van der Waals surface area contributed by atoms with Gasteiger partial charge in [-0.1, -0.05) is 32.9 Å². The van der Waals surface area contributed by atoms with Crippen LogP contribution in [0.5, 0.6) is 0 Å². The third kappa shape index (κ3) is 1.70. The van der Waals surface area contributed by atoms with E-state index in [1.807, 2.05) is 26.8 Å². The van der Waals surface area contributed by atoms with Crippen LogP contribution in [0.15, 0.2) is 23.3 Å². The first kappa shape index (κ1) is 17.1. The number of hydrogen-bond acceptors (Lipinski definition) is 5. The molecule has 5 nitrogen and oxygen atoms in total. The highest BCUT2D eigenvalue weighted by molar-refractivity contribution is 6.05. The van der Waals surface area contributed by atoms with E-state index in [9.17, 15) is 24.9 Å². The molecule has 0 aromatic carbocycles. The highest BCUT2D eigenvalue weighted by Crippen LogP contribution is 2.68. The minimum absolute atomic E-state index is 0.0259. The molecule has 5 heteroatoms. The molecule has 4 rings (SSSR count). The van der Waals surface area contributed by atoms with E-state index in [0.717, 1.165) is 0 Å². The molecule has 0 aromatic rings. The fraction of sp³-hybridized carbons (Fsp3) is 0.700. The van der Waals surface area contributed by atoms with Gasteiger partial charge in [0.25, 0.3) is 0 Å². The largest absolute Gasteiger partial charge is 0.392 e. The number of rotatable bonds is 1. The first-order valence-corrected chi connectivity index (χ1v) is 9.04. The average molecular weight is 346 g/mol. The van der Waals surface area contributed by atoms with Crippen LogP contribution in [0.4, 0.5) is 0 Å². The summed E-state index contributed by atoms with van der Waals surface area (Å²) in [6.45, 7) is 7.04. The zero-order valence-corrected chi connectivity index (χ0v) is 15.1. The van der Waals surface area contributed by atoms with E-state index >= 15 is 0 Å². The standard InChI is InChI=1S/C20H26O5/c1-9-5-13-19(24,16(9)22)7-11(8-21)6-12-15-14(10(2)20(12,13)25)17(23)18(15,3)4/h5-6,10,12-15,21,24-25H,7-8H2,1-4H3/t10-,12?,13?,14-,15+,19-,20-/m1/s1. The Hall–Kier alpha value is -1.30. The van der Waals surface area contributed by atoms with Crippen molar-refractivity contribution in [3.05, 3.63) is 23.3 Å². The molecule has 4 aliphatic rings. The maximum atomic E-state index is 12.7. The quantitative estimate of drug-likeness (QED) is 0.616. The lowest BCUT2D eigenvalue weighted by atomic mass is 9.52. The van der Waals surface area contributed by atoms with Crippen LogP contribution in [-0.2, 0) is 9.59 Å². The van der Waals surface area contributed by atoms with Gasteiger partial charge in [-0.2, -0.15) is 0 Å². The molecular formula is C20H26O5. The number of fused-ring (bicyclic) bond motifs is 5. The molecule has 0 amide bonds. The summed E-state index contributed by atoms with van der Waals surface area (Å²) in [5, 5.41) is 32.9. The molecule has 7 atom stereocenters. The minimum Gasteiger partial charge on any atom is -0.392 e. The normalized spacial score (nSPS) is 50.3. The molecule has 2 fully saturated rings. The SMILES string of the molecule is CC1=CC2[C@]3(O)C(C=C(CO)C[C@]2(O)C1=O)[C@H]1[C@H](C(=O)C1(C)C)[C@H]3C. The zero-order valence-electron chi connectivity index (χ0n) is 15.1. The van der Waals surface area contributed by atoms with Crippen molar-refractivity contribution in [3.8, 4) is 0 Å². The molecule has 2 unspecified atom stereocenters. The second-order valence-electron chi connectivity index (χ2n) is 9.08. The highest BCUT2D eigenvalue weighted by Gasteiger charge is 2.75. The van der Waals surface area contributed by atoms with E-state index in [1.54, 1.807) is 13.0 Å². The number of ketones is 2. The monoisotopic (exact) mass is 346 g/mol. The van der Waals surface area contributed by atoms with Crippen molar-refractivity contribution in [1.29, 1.82) is 0 Å². The molecule has 0 heterocycles. The topological polar surface area (TPSA) is 94.8 Å². The molecular weight excluding hydrogens is 320 g/mol. The van der Waals surface area contributed by atoms with E-state index in [1.165, 1.54) is 0 Å². The van der Waals surface area contributed by atoms with E-state index in [-0.39, 0.29) is 48.3 Å². The van der Waals surface area contributed by atoms with Crippen LogP contribution in [-0.4, -0.2) is 44.7 Å². The van der Waals surface area contributed by atoms with Crippen LogP contribution in [0.25, 0.3) is 0 Å². The third-order valence-corrected chi connectivity index (χ3v) is 7.64. The molecule has 0 radical (unpaired) electrons. The maximum Gasteiger partial charge on any atom is 0.190 e. The molecule has 3 N–H and O–H groups in total. The third-order valence-electron chi connectivity index (χ3n) is 7.64. The number of hydrogen-bond donors (Lipinski definition) is 3. The van der Waals surface area contributed by atoms with Gasteiger partial charge >= 0.3 is 0 Å². The van der Waals surface area contributed by atoms with Gasteiger partial charge in [0.15, 0.2) is 5.78 Å². The fourth-order valence-electron chi connectivity index (χ4n) is 6.35. The number of carbonyl (C=O) groups is 2. The Morgan fingerprint density at radius 3 is 2.44 bits per heavy atom. The molecule has 136 valence electrons. The summed E-state index contributed by atoms with van der Waals surface area (Å²) in [5.74, 6) is -2.05. The van der Waals surface area contributed by atoms with Crippen molar-refractivity contribution in [3.63, 3.8) is 0 Å². The summed E-state index contributed by atoms with van der Waals surface area (Å²) in [4.78, 5) is 25.4. The van der Waals surface area contributed by atoms with E-state index in [0.29, 0.717) is 11.1 Å². The zero-order chi connectivity index (χ0) is 18.5. The van der Waals surface area contributed by atoms with Crippen molar-refractivity contribution in [2.24, 2.45) is 35.0 Å². The van der Waals surface area contributed by atoms with E-state index in [4.69, 9.17) is 0 Å². The number of carbonyl (C=O) groups excluding carboxylic acids is 2. The van der Waals surface area contributed by atoms with Crippen LogP contribution in [0.3, 0.4) is 0 Å². The number of aliphatic hydroxyl groups excluding tert-OH is 1. The summed E-state index contributed by atoms with van der Waals surface area (Å²) < 4.78 is 0. The minimum atomic E-state index is -1.74. The summed E-state index contributed by atoms with van der Waals surface area (Å²) in [7, 11) is 0. The van der Waals surface area contributed by atoms with Gasteiger partial charge in [-0.3, -0.25) is 9.59 Å². The van der Waals surface area contributed by atoms with Crippen LogP contribution in [0.2, 0.25) is 0 Å². The Labute approximate surface area is 147 Å². The predicted molar refractivity (Wildman–Crippen MR) is 90.4 cm³/mol. The van der Waals surface area contributed by atoms with Gasteiger partial charge in [-0.25, -0.2) is 0 Å². The fourth-order valence-corrected chi connectivity index (χ4v) is 6.35. The van der Waals surface area contributed by atoms with E-state index in [2.05, 4.69) is 0 Å². The van der Waals surface area contributed by atoms with Gasteiger partial charge in [0.2, 0.25) is 0 Å². The Morgan fingerprint density at radius 2 is 1.84 bits per heavy atom. The molecule has 2 saturated carbocycles. The predicted octanol–water partition coefficient (Wildman–Crippen LogP) is 1.02. The second kappa shape index (κ2) is 4.70. The van der Waals surface area contributed by atoms with Crippen molar-refractivity contribution < 1.29 is 24.9 Å². The lowest BCUT2D eigenvalue weighted by Gasteiger charge is -2.49. The van der Waals surface area contributed by atoms with Crippen molar-refractivity contribution >= 4 is 11.6 Å². The summed E-state index contributed by atoms with van der Waals surface area (Å²) in [5.41, 5.74) is -2.66. The summed E-state index contributed by atoms with van der Waals surface area (Å²) >= 11 is 0. The van der Waals surface area contributed by atoms with E-state index < -0.39 is 22.5 Å². The van der Waals surface area contributed by atoms with Crippen molar-refractivity contribution in [2.75, 3.05) is 6.61 Å². The molecule has 0 aliphatic heterocycles. The second-order valence-corrected chi connectivity index (χ2v) is 9.08.